The van der Waals surface area contributed by atoms with E-state index < -0.39 is 5.54 Å². The van der Waals surface area contributed by atoms with Crippen molar-refractivity contribution in [1.29, 1.82) is 0 Å². The van der Waals surface area contributed by atoms with Crippen molar-refractivity contribution in [3.05, 3.63) is 41.4 Å². The van der Waals surface area contributed by atoms with E-state index in [2.05, 4.69) is 10.2 Å². The largest absolute Gasteiger partial charge is 0.394 e. The quantitative estimate of drug-likeness (QED) is 0.803. The highest BCUT2D eigenvalue weighted by atomic mass is 32.2. The van der Waals surface area contributed by atoms with Crippen molar-refractivity contribution in [1.82, 2.24) is 10.2 Å². The van der Waals surface area contributed by atoms with Gasteiger partial charge in [-0.25, -0.2) is 0 Å². The Bertz CT molecular complexity index is 449. The van der Waals surface area contributed by atoms with Crippen LogP contribution in [-0.4, -0.2) is 27.7 Å². The fourth-order valence-corrected chi connectivity index (χ4v) is 3.01. The first-order valence-electron chi connectivity index (χ1n) is 5.09. The monoisotopic (exact) mass is 267 g/mol. The lowest BCUT2D eigenvalue weighted by atomic mass is 9.94. The van der Waals surface area contributed by atoms with E-state index in [9.17, 15) is 5.11 Å². The average molecular weight is 267 g/mol. The van der Waals surface area contributed by atoms with Gasteiger partial charge in [0.15, 0.2) is 4.34 Å². The van der Waals surface area contributed by atoms with E-state index in [1.54, 1.807) is 5.51 Å². The first kappa shape index (κ1) is 12.5. The van der Waals surface area contributed by atoms with Gasteiger partial charge in [-0.15, -0.1) is 10.2 Å². The molecule has 0 saturated heterocycles. The van der Waals surface area contributed by atoms with Crippen LogP contribution in [0.2, 0.25) is 0 Å². The second-order valence-corrected chi connectivity index (χ2v) is 5.73. The average Bonchev–Trinajstić information content (AvgIpc) is 2.90. The molecule has 6 heteroatoms. The van der Waals surface area contributed by atoms with Crippen LogP contribution in [0.3, 0.4) is 0 Å². The topological polar surface area (TPSA) is 72.0 Å². The van der Waals surface area contributed by atoms with Gasteiger partial charge in [0.1, 0.15) is 5.51 Å². The minimum absolute atomic E-state index is 0.0944. The zero-order valence-electron chi connectivity index (χ0n) is 9.11. The number of hydrogen-bond acceptors (Lipinski definition) is 6. The fourth-order valence-electron chi connectivity index (χ4n) is 1.41. The normalized spacial score (nSPS) is 14.5. The lowest BCUT2D eigenvalue weighted by molar-refractivity contribution is 0.213. The number of aliphatic hydroxyl groups is 1. The Hall–Kier alpha value is -0.950. The van der Waals surface area contributed by atoms with E-state index in [-0.39, 0.29) is 6.61 Å². The Morgan fingerprint density at radius 2 is 2.12 bits per heavy atom. The number of nitrogens with zero attached hydrogens (tertiary/aromatic N) is 2. The van der Waals surface area contributed by atoms with Crippen LogP contribution >= 0.6 is 23.1 Å². The van der Waals surface area contributed by atoms with Crippen molar-refractivity contribution >= 4 is 23.1 Å². The standard InChI is InChI=1S/C11H13N3OS2/c12-11(6-15,9-4-2-1-3-5-9)7-16-10-14-13-8-17-10/h1-5,8,15H,6-7,12H2. The third kappa shape index (κ3) is 3.04. The molecule has 1 atom stereocenters. The zero-order valence-corrected chi connectivity index (χ0v) is 10.7. The molecule has 0 radical (unpaired) electrons. The second-order valence-electron chi connectivity index (χ2n) is 3.67. The summed E-state index contributed by atoms with van der Waals surface area (Å²) in [7, 11) is 0. The highest BCUT2D eigenvalue weighted by Gasteiger charge is 2.27. The zero-order chi connectivity index (χ0) is 12.1. The molecule has 90 valence electrons. The van der Waals surface area contributed by atoms with Crippen LogP contribution in [0.1, 0.15) is 5.56 Å². The SMILES string of the molecule is NC(CO)(CSc1nncs1)c1ccccc1. The van der Waals surface area contributed by atoms with Gasteiger partial charge in [-0.05, 0) is 5.56 Å². The molecule has 0 amide bonds. The molecule has 0 saturated carbocycles. The first-order valence-corrected chi connectivity index (χ1v) is 6.95. The van der Waals surface area contributed by atoms with Gasteiger partial charge >= 0.3 is 0 Å². The first-order chi connectivity index (χ1) is 8.24. The molecule has 1 aromatic heterocycles. The summed E-state index contributed by atoms with van der Waals surface area (Å²) in [5, 5.41) is 17.2. The van der Waals surface area contributed by atoms with Crippen LogP contribution < -0.4 is 5.73 Å². The van der Waals surface area contributed by atoms with E-state index in [0.717, 1.165) is 9.90 Å². The Labute approximate surface area is 108 Å². The molecule has 0 spiro atoms. The maximum absolute atomic E-state index is 9.50. The molecule has 0 aliphatic carbocycles. The summed E-state index contributed by atoms with van der Waals surface area (Å²) < 4.78 is 0.865. The Kier molecular flexibility index (Phi) is 4.11. The molecule has 0 aliphatic heterocycles. The van der Waals surface area contributed by atoms with Crippen LogP contribution in [-0.2, 0) is 5.54 Å². The number of nitrogens with two attached hydrogens (primary N) is 1. The van der Waals surface area contributed by atoms with Crippen LogP contribution in [0, 0.1) is 0 Å². The summed E-state index contributed by atoms with van der Waals surface area (Å²) in [4.78, 5) is 0. The third-order valence-electron chi connectivity index (χ3n) is 2.42. The predicted molar refractivity (Wildman–Crippen MR) is 70.0 cm³/mol. The molecule has 1 aromatic carbocycles. The highest BCUT2D eigenvalue weighted by Crippen LogP contribution is 2.28. The summed E-state index contributed by atoms with van der Waals surface area (Å²) in [6, 6.07) is 9.62. The second kappa shape index (κ2) is 5.59. The Morgan fingerprint density at radius 3 is 2.71 bits per heavy atom. The number of benzene rings is 1. The van der Waals surface area contributed by atoms with Gasteiger partial charge in [-0.1, -0.05) is 53.4 Å². The van der Waals surface area contributed by atoms with E-state index in [1.807, 2.05) is 30.3 Å². The number of rotatable bonds is 5. The minimum Gasteiger partial charge on any atom is -0.394 e. The van der Waals surface area contributed by atoms with Crippen LogP contribution in [0.4, 0.5) is 0 Å². The van der Waals surface area contributed by atoms with Gasteiger partial charge in [-0.3, -0.25) is 0 Å². The van der Waals surface area contributed by atoms with Crippen LogP contribution in [0.15, 0.2) is 40.2 Å². The summed E-state index contributed by atoms with van der Waals surface area (Å²) in [6.07, 6.45) is 0. The maximum atomic E-state index is 9.50. The van der Waals surface area contributed by atoms with Gasteiger partial charge < -0.3 is 10.8 Å². The van der Waals surface area contributed by atoms with Crippen molar-refractivity contribution in [2.24, 2.45) is 5.73 Å². The van der Waals surface area contributed by atoms with Crippen LogP contribution in [0.5, 0.6) is 0 Å². The van der Waals surface area contributed by atoms with Crippen molar-refractivity contribution in [3.63, 3.8) is 0 Å². The lowest BCUT2D eigenvalue weighted by Crippen LogP contribution is -2.43. The van der Waals surface area contributed by atoms with Gasteiger partial charge in [0.25, 0.3) is 0 Å². The number of thioether (sulfide) groups is 1. The lowest BCUT2D eigenvalue weighted by Gasteiger charge is -2.26. The summed E-state index contributed by atoms with van der Waals surface area (Å²) >= 11 is 2.99. The fraction of sp³-hybridized carbons (Fsp3) is 0.273. The van der Waals surface area contributed by atoms with E-state index >= 15 is 0 Å². The molecule has 0 fully saturated rings. The van der Waals surface area contributed by atoms with Crippen LogP contribution in [0.25, 0.3) is 0 Å². The molecule has 0 bridgehead atoms. The third-order valence-corrected chi connectivity index (χ3v) is 4.54. The van der Waals surface area contributed by atoms with Gasteiger partial charge in [0, 0.05) is 5.75 Å². The number of aliphatic hydroxyl groups excluding tert-OH is 1. The van der Waals surface area contributed by atoms with Crippen molar-refractivity contribution < 1.29 is 5.11 Å². The van der Waals surface area contributed by atoms with Gasteiger partial charge in [-0.2, -0.15) is 0 Å². The van der Waals surface area contributed by atoms with Gasteiger partial charge in [0.2, 0.25) is 0 Å². The summed E-state index contributed by atoms with van der Waals surface area (Å²) in [5.74, 6) is 0.572. The molecule has 1 unspecified atom stereocenters. The van der Waals surface area contributed by atoms with E-state index in [4.69, 9.17) is 5.73 Å². The molecule has 2 aromatic rings. The molecule has 3 N–H and O–H groups in total. The van der Waals surface area contributed by atoms with Crippen molar-refractivity contribution in [2.45, 2.75) is 9.88 Å². The molecular weight excluding hydrogens is 254 g/mol. The molecule has 4 nitrogen and oxygen atoms in total. The number of aromatic nitrogens is 2. The van der Waals surface area contributed by atoms with Crippen molar-refractivity contribution in [3.8, 4) is 0 Å². The smallest absolute Gasteiger partial charge is 0.174 e. The Morgan fingerprint density at radius 1 is 1.35 bits per heavy atom. The van der Waals surface area contributed by atoms with Crippen molar-refractivity contribution in [2.75, 3.05) is 12.4 Å². The van der Waals surface area contributed by atoms with E-state index in [0.29, 0.717) is 5.75 Å². The Balaban J connectivity index is 2.09. The maximum Gasteiger partial charge on any atom is 0.174 e. The predicted octanol–water partition coefficient (Wildman–Crippen LogP) is 1.48. The molecule has 1 heterocycles. The van der Waals surface area contributed by atoms with Gasteiger partial charge in [0.05, 0.1) is 12.1 Å². The summed E-state index contributed by atoms with van der Waals surface area (Å²) in [6.45, 7) is -0.0944. The molecule has 2 rings (SSSR count). The van der Waals surface area contributed by atoms with E-state index in [1.165, 1.54) is 23.1 Å². The summed E-state index contributed by atoms with van der Waals surface area (Å²) in [5.41, 5.74) is 8.09. The molecule has 17 heavy (non-hydrogen) atoms. The minimum atomic E-state index is -0.738. The molecular formula is C11H13N3OS2. The highest BCUT2D eigenvalue weighted by molar-refractivity contribution is 8.01. The number of hydrogen-bond donors (Lipinski definition) is 2. The molecule has 0 aliphatic rings.